The number of hydrogen-bond donors (Lipinski definition) is 1. The smallest absolute Gasteiger partial charge is 0.0462 e. The second-order valence-electron chi connectivity index (χ2n) is 4.76. The fourth-order valence-corrected chi connectivity index (χ4v) is 2.54. The van der Waals surface area contributed by atoms with Crippen LogP contribution in [0.3, 0.4) is 0 Å². The van der Waals surface area contributed by atoms with Gasteiger partial charge < -0.3 is 5.73 Å². The lowest BCUT2D eigenvalue weighted by Gasteiger charge is -2.42. The summed E-state index contributed by atoms with van der Waals surface area (Å²) in [5.41, 5.74) is 9.14. The van der Waals surface area contributed by atoms with Crippen molar-refractivity contribution in [1.82, 2.24) is 4.90 Å². The van der Waals surface area contributed by atoms with Gasteiger partial charge in [0.05, 0.1) is 0 Å². The molecule has 2 N–H and O–H groups in total. The Labute approximate surface area is 96.0 Å². The van der Waals surface area contributed by atoms with E-state index in [9.17, 15) is 0 Å². The van der Waals surface area contributed by atoms with Gasteiger partial charge in [-0.25, -0.2) is 0 Å². The zero-order valence-electron chi connectivity index (χ0n) is 9.47. The lowest BCUT2D eigenvalue weighted by molar-refractivity contribution is 0.143. The fourth-order valence-electron chi connectivity index (χ4n) is 2.22. The van der Waals surface area contributed by atoms with Gasteiger partial charge in [0, 0.05) is 22.8 Å². The summed E-state index contributed by atoms with van der Waals surface area (Å²) in [6.45, 7) is 5.46. The standard InChI is InChI=1S/C12H17ClN2/c1-12(2)10-6-8(14)7-11(13)9(10)4-5-15(12)3/h6-7H,4-5,14H2,1-3H3. The molecule has 0 aromatic heterocycles. The van der Waals surface area contributed by atoms with Crippen LogP contribution in [0.15, 0.2) is 12.1 Å². The first-order valence-corrected chi connectivity index (χ1v) is 5.60. The molecule has 2 rings (SSSR count). The van der Waals surface area contributed by atoms with E-state index >= 15 is 0 Å². The summed E-state index contributed by atoms with van der Waals surface area (Å²) in [4.78, 5) is 2.34. The SMILES string of the molecule is CN1CCc2c(Cl)cc(N)cc2C1(C)C. The molecule has 0 saturated carbocycles. The minimum absolute atomic E-state index is 0.0204. The Balaban J connectivity index is 2.63. The molecule has 1 aromatic carbocycles. The summed E-state index contributed by atoms with van der Waals surface area (Å²) in [5, 5.41) is 0.811. The molecule has 0 radical (unpaired) electrons. The molecule has 0 unspecified atom stereocenters. The third kappa shape index (κ3) is 1.62. The van der Waals surface area contributed by atoms with Crippen molar-refractivity contribution in [1.29, 1.82) is 0 Å². The molecule has 0 atom stereocenters. The van der Waals surface area contributed by atoms with Crippen LogP contribution in [0.2, 0.25) is 5.02 Å². The van der Waals surface area contributed by atoms with Crippen molar-refractivity contribution in [2.45, 2.75) is 25.8 Å². The Hall–Kier alpha value is -0.730. The van der Waals surface area contributed by atoms with E-state index in [0.29, 0.717) is 0 Å². The van der Waals surface area contributed by atoms with Gasteiger partial charge in [0.15, 0.2) is 0 Å². The van der Waals surface area contributed by atoms with Gasteiger partial charge in [-0.05, 0) is 50.6 Å². The molecule has 0 aliphatic carbocycles. The number of likely N-dealkylation sites (N-methyl/N-ethyl adjacent to an activating group) is 1. The highest BCUT2D eigenvalue weighted by molar-refractivity contribution is 6.31. The Morgan fingerprint density at radius 3 is 2.73 bits per heavy atom. The number of rotatable bonds is 0. The van der Waals surface area contributed by atoms with E-state index in [-0.39, 0.29) is 5.54 Å². The van der Waals surface area contributed by atoms with Gasteiger partial charge >= 0.3 is 0 Å². The molecule has 1 aromatic rings. The van der Waals surface area contributed by atoms with E-state index in [2.05, 4.69) is 31.9 Å². The predicted octanol–water partition coefficient (Wildman–Crippen LogP) is 2.65. The van der Waals surface area contributed by atoms with Crippen LogP contribution in [0.5, 0.6) is 0 Å². The van der Waals surface area contributed by atoms with Crippen LogP contribution in [0, 0.1) is 0 Å². The van der Waals surface area contributed by atoms with Crippen LogP contribution in [0.1, 0.15) is 25.0 Å². The van der Waals surface area contributed by atoms with Gasteiger partial charge in [0.25, 0.3) is 0 Å². The Bertz CT molecular complexity index is 399. The van der Waals surface area contributed by atoms with Gasteiger partial charge in [0.1, 0.15) is 0 Å². The topological polar surface area (TPSA) is 29.3 Å². The first-order valence-electron chi connectivity index (χ1n) is 5.22. The van der Waals surface area contributed by atoms with Crippen molar-refractivity contribution >= 4 is 17.3 Å². The summed E-state index contributed by atoms with van der Waals surface area (Å²) < 4.78 is 0. The quantitative estimate of drug-likeness (QED) is 0.687. The van der Waals surface area contributed by atoms with Crippen molar-refractivity contribution < 1.29 is 0 Å². The van der Waals surface area contributed by atoms with Crippen molar-refractivity contribution in [3.05, 3.63) is 28.3 Å². The van der Waals surface area contributed by atoms with Gasteiger partial charge in [-0.15, -0.1) is 0 Å². The summed E-state index contributed by atoms with van der Waals surface area (Å²) in [5.74, 6) is 0. The van der Waals surface area contributed by atoms with Crippen LogP contribution >= 0.6 is 11.6 Å². The van der Waals surface area contributed by atoms with Crippen LogP contribution in [-0.2, 0) is 12.0 Å². The monoisotopic (exact) mass is 224 g/mol. The average molecular weight is 225 g/mol. The van der Waals surface area contributed by atoms with E-state index in [0.717, 1.165) is 23.7 Å². The number of hydrogen-bond acceptors (Lipinski definition) is 2. The minimum atomic E-state index is 0.0204. The average Bonchev–Trinajstić information content (AvgIpc) is 2.12. The number of fused-ring (bicyclic) bond motifs is 1. The highest BCUT2D eigenvalue weighted by atomic mass is 35.5. The van der Waals surface area contributed by atoms with Crippen molar-refractivity contribution in [3.63, 3.8) is 0 Å². The van der Waals surface area contributed by atoms with Crippen molar-refractivity contribution in [2.75, 3.05) is 19.3 Å². The number of benzene rings is 1. The van der Waals surface area contributed by atoms with E-state index in [1.807, 2.05) is 6.07 Å². The zero-order valence-corrected chi connectivity index (χ0v) is 10.2. The molecule has 1 aliphatic heterocycles. The molecule has 1 aliphatic rings. The first kappa shape index (κ1) is 10.8. The van der Waals surface area contributed by atoms with Crippen molar-refractivity contribution in [3.8, 4) is 0 Å². The second kappa shape index (κ2) is 3.39. The highest BCUT2D eigenvalue weighted by Crippen LogP contribution is 2.38. The molecule has 82 valence electrons. The molecule has 0 amide bonds. The zero-order chi connectivity index (χ0) is 11.2. The van der Waals surface area contributed by atoms with Crippen LogP contribution in [-0.4, -0.2) is 18.5 Å². The largest absolute Gasteiger partial charge is 0.399 e. The normalized spacial score (nSPS) is 20.0. The molecule has 3 heteroatoms. The number of nitrogens with zero attached hydrogens (tertiary/aromatic N) is 1. The minimum Gasteiger partial charge on any atom is -0.399 e. The molecule has 0 saturated heterocycles. The predicted molar refractivity (Wildman–Crippen MR) is 65.2 cm³/mol. The fraction of sp³-hybridized carbons (Fsp3) is 0.500. The van der Waals surface area contributed by atoms with E-state index < -0.39 is 0 Å². The van der Waals surface area contributed by atoms with E-state index in [1.54, 1.807) is 0 Å². The van der Waals surface area contributed by atoms with Crippen LogP contribution < -0.4 is 5.73 Å². The molecular formula is C12H17ClN2. The molecule has 0 fully saturated rings. The first-order chi connectivity index (χ1) is 6.93. The number of halogens is 1. The third-order valence-corrected chi connectivity index (χ3v) is 3.87. The Kier molecular flexibility index (Phi) is 2.44. The molecular weight excluding hydrogens is 208 g/mol. The summed E-state index contributed by atoms with van der Waals surface area (Å²) >= 11 is 6.22. The summed E-state index contributed by atoms with van der Waals surface area (Å²) in [6, 6.07) is 3.90. The maximum Gasteiger partial charge on any atom is 0.0462 e. The molecule has 0 spiro atoms. The van der Waals surface area contributed by atoms with Crippen LogP contribution in [0.25, 0.3) is 0 Å². The lowest BCUT2D eigenvalue weighted by Crippen LogP contribution is -2.44. The highest BCUT2D eigenvalue weighted by Gasteiger charge is 2.33. The molecule has 15 heavy (non-hydrogen) atoms. The van der Waals surface area contributed by atoms with Gasteiger partial charge in [0.2, 0.25) is 0 Å². The maximum absolute atomic E-state index is 6.22. The number of nitrogen functional groups attached to an aromatic ring is 1. The Morgan fingerprint density at radius 2 is 2.07 bits per heavy atom. The molecule has 1 heterocycles. The number of nitrogens with two attached hydrogens (primary N) is 1. The number of anilines is 1. The Morgan fingerprint density at radius 1 is 1.40 bits per heavy atom. The third-order valence-electron chi connectivity index (χ3n) is 3.53. The molecule has 2 nitrogen and oxygen atoms in total. The van der Waals surface area contributed by atoms with Crippen molar-refractivity contribution in [2.24, 2.45) is 0 Å². The maximum atomic E-state index is 6.22. The van der Waals surface area contributed by atoms with Gasteiger partial charge in [-0.3, -0.25) is 4.90 Å². The second-order valence-corrected chi connectivity index (χ2v) is 5.17. The summed E-state index contributed by atoms with van der Waals surface area (Å²) in [6.07, 6.45) is 1.01. The van der Waals surface area contributed by atoms with Gasteiger partial charge in [-0.2, -0.15) is 0 Å². The van der Waals surface area contributed by atoms with Gasteiger partial charge in [-0.1, -0.05) is 11.6 Å². The summed E-state index contributed by atoms with van der Waals surface area (Å²) in [7, 11) is 2.14. The van der Waals surface area contributed by atoms with E-state index in [4.69, 9.17) is 17.3 Å². The van der Waals surface area contributed by atoms with E-state index in [1.165, 1.54) is 11.1 Å². The molecule has 0 bridgehead atoms. The van der Waals surface area contributed by atoms with Crippen LogP contribution in [0.4, 0.5) is 5.69 Å². The lowest BCUT2D eigenvalue weighted by atomic mass is 9.83.